The molecule has 2 nitrogen and oxygen atoms in total. The number of nitrogens with one attached hydrogen (secondary N) is 1. The highest BCUT2D eigenvalue weighted by Gasteiger charge is 1.90. The summed E-state index contributed by atoms with van der Waals surface area (Å²) in [5.41, 5.74) is 3.03. The largest absolute Gasteiger partial charge is 0.308 e. The topological polar surface area (TPSA) is 24.4 Å². The summed E-state index contributed by atoms with van der Waals surface area (Å²) in [4.78, 5) is 0. The summed E-state index contributed by atoms with van der Waals surface area (Å²) in [5, 5.41) is 4.06. The Kier molecular flexibility index (Phi) is 6.79. The Bertz CT molecular complexity index is 119. The zero-order valence-electron chi connectivity index (χ0n) is 7.51. The molecule has 0 aliphatic heterocycles. The summed E-state index contributed by atoms with van der Waals surface area (Å²) in [6.45, 7) is 7.88. The smallest absolute Gasteiger partial charge is 0.0409 e. The SMILES string of the molecule is C=CCC/C=N\NC(C)CC. The maximum atomic E-state index is 4.06. The zero-order valence-corrected chi connectivity index (χ0v) is 7.51. The van der Waals surface area contributed by atoms with Crippen LogP contribution in [0.3, 0.4) is 0 Å². The highest BCUT2D eigenvalue weighted by Crippen LogP contribution is 1.87. The van der Waals surface area contributed by atoms with E-state index in [4.69, 9.17) is 0 Å². The van der Waals surface area contributed by atoms with Gasteiger partial charge in [-0.3, -0.25) is 0 Å². The van der Waals surface area contributed by atoms with Crippen LogP contribution in [-0.4, -0.2) is 12.3 Å². The molecule has 0 spiro atoms. The second-order valence-corrected chi connectivity index (χ2v) is 2.62. The molecule has 0 rings (SSSR count). The number of hydrogen-bond donors (Lipinski definition) is 1. The maximum absolute atomic E-state index is 4.06. The van der Waals surface area contributed by atoms with Crippen LogP contribution in [-0.2, 0) is 0 Å². The average Bonchev–Trinajstić information content (AvgIpc) is 2.04. The number of allylic oxidation sites excluding steroid dienone is 1. The minimum Gasteiger partial charge on any atom is -0.308 e. The first-order valence-electron chi connectivity index (χ1n) is 4.19. The summed E-state index contributed by atoms with van der Waals surface area (Å²) in [6, 6.07) is 0.481. The van der Waals surface area contributed by atoms with Crippen LogP contribution in [0.15, 0.2) is 17.8 Å². The Balaban J connectivity index is 3.21. The molecule has 2 heteroatoms. The van der Waals surface area contributed by atoms with Crippen LogP contribution in [0.4, 0.5) is 0 Å². The molecule has 1 atom stereocenters. The van der Waals surface area contributed by atoms with Gasteiger partial charge in [-0.15, -0.1) is 6.58 Å². The van der Waals surface area contributed by atoms with Crippen molar-refractivity contribution in [3.63, 3.8) is 0 Å². The third-order valence-electron chi connectivity index (χ3n) is 1.50. The first-order chi connectivity index (χ1) is 5.31. The van der Waals surface area contributed by atoms with E-state index in [-0.39, 0.29) is 0 Å². The lowest BCUT2D eigenvalue weighted by molar-refractivity contribution is 0.558. The number of hydrazone groups is 1. The average molecular weight is 154 g/mol. The lowest BCUT2D eigenvalue weighted by Gasteiger charge is -2.05. The molecule has 0 aromatic rings. The van der Waals surface area contributed by atoms with Crippen LogP contribution in [0.1, 0.15) is 33.1 Å². The second kappa shape index (κ2) is 7.32. The Morgan fingerprint density at radius 2 is 2.27 bits per heavy atom. The van der Waals surface area contributed by atoms with E-state index >= 15 is 0 Å². The number of rotatable bonds is 6. The van der Waals surface area contributed by atoms with E-state index < -0.39 is 0 Å². The maximum Gasteiger partial charge on any atom is 0.0409 e. The Morgan fingerprint density at radius 1 is 1.55 bits per heavy atom. The van der Waals surface area contributed by atoms with Gasteiger partial charge in [0.05, 0.1) is 0 Å². The van der Waals surface area contributed by atoms with Gasteiger partial charge in [0.25, 0.3) is 0 Å². The van der Waals surface area contributed by atoms with Crippen LogP contribution < -0.4 is 5.43 Å². The van der Waals surface area contributed by atoms with Gasteiger partial charge in [-0.05, 0) is 26.2 Å². The molecule has 0 saturated carbocycles. The van der Waals surface area contributed by atoms with Crippen molar-refractivity contribution in [3.05, 3.63) is 12.7 Å². The molecule has 1 N–H and O–H groups in total. The molecule has 0 saturated heterocycles. The third-order valence-corrected chi connectivity index (χ3v) is 1.50. The van der Waals surface area contributed by atoms with Crippen molar-refractivity contribution >= 4 is 6.21 Å². The van der Waals surface area contributed by atoms with Crippen molar-refractivity contribution in [1.29, 1.82) is 0 Å². The van der Waals surface area contributed by atoms with Gasteiger partial charge in [-0.25, -0.2) is 0 Å². The van der Waals surface area contributed by atoms with E-state index in [1.807, 2.05) is 12.3 Å². The van der Waals surface area contributed by atoms with Gasteiger partial charge >= 0.3 is 0 Å². The molecule has 11 heavy (non-hydrogen) atoms. The van der Waals surface area contributed by atoms with Gasteiger partial charge in [0.1, 0.15) is 0 Å². The molecular formula is C9H18N2. The molecule has 0 aliphatic carbocycles. The van der Waals surface area contributed by atoms with Gasteiger partial charge in [-0.1, -0.05) is 13.0 Å². The van der Waals surface area contributed by atoms with Gasteiger partial charge in [0, 0.05) is 12.3 Å². The van der Waals surface area contributed by atoms with Gasteiger partial charge in [0.15, 0.2) is 0 Å². The molecule has 0 fully saturated rings. The fraction of sp³-hybridized carbons (Fsp3) is 0.667. The van der Waals surface area contributed by atoms with E-state index in [1.54, 1.807) is 0 Å². The lowest BCUT2D eigenvalue weighted by atomic mass is 10.3. The van der Waals surface area contributed by atoms with E-state index in [0.29, 0.717) is 6.04 Å². The number of nitrogens with zero attached hydrogens (tertiary/aromatic N) is 1. The Hall–Kier alpha value is -0.790. The highest BCUT2D eigenvalue weighted by molar-refractivity contribution is 5.56. The van der Waals surface area contributed by atoms with E-state index in [9.17, 15) is 0 Å². The van der Waals surface area contributed by atoms with Gasteiger partial charge < -0.3 is 5.43 Å². The standard InChI is InChI=1S/C9H18N2/c1-4-6-7-8-10-11-9(3)5-2/h4,8-9,11H,1,5-7H2,2-3H3/b10-8-. The lowest BCUT2D eigenvalue weighted by Crippen LogP contribution is -2.18. The van der Waals surface area contributed by atoms with Crippen molar-refractivity contribution in [2.45, 2.75) is 39.2 Å². The minimum atomic E-state index is 0.481. The summed E-state index contributed by atoms with van der Waals surface area (Å²) < 4.78 is 0. The summed E-state index contributed by atoms with van der Waals surface area (Å²) >= 11 is 0. The van der Waals surface area contributed by atoms with E-state index in [1.165, 1.54) is 0 Å². The van der Waals surface area contributed by atoms with E-state index in [0.717, 1.165) is 19.3 Å². The zero-order chi connectivity index (χ0) is 8.53. The number of unbranched alkanes of at least 4 members (excludes halogenated alkanes) is 1. The highest BCUT2D eigenvalue weighted by atomic mass is 15.3. The molecule has 0 aromatic carbocycles. The van der Waals surface area contributed by atoms with Crippen LogP contribution in [0, 0.1) is 0 Å². The molecule has 0 aromatic heterocycles. The fourth-order valence-corrected chi connectivity index (χ4v) is 0.528. The molecule has 0 bridgehead atoms. The van der Waals surface area contributed by atoms with Crippen LogP contribution in [0.5, 0.6) is 0 Å². The molecular weight excluding hydrogens is 136 g/mol. The summed E-state index contributed by atoms with van der Waals surface area (Å²) in [7, 11) is 0. The molecule has 0 aliphatic rings. The van der Waals surface area contributed by atoms with E-state index in [2.05, 4.69) is 31.0 Å². The van der Waals surface area contributed by atoms with Gasteiger partial charge in [-0.2, -0.15) is 5.10 Å². The van der Waals surface area contributed by atoms with Gasteiger partial charge in [0.2, 0.25) is 0 Å². The molecule has 0 radical (unpaired) electrons. The second-order valence-electron chi connectivity index (χ2n) is 2.62. The Labute approximate surface area is 69.4 Å². The van der Waals surface area contributed by atoms with Crippen molar-refractivity contribution < 1.29 is 0 Å². The van der Waals surface area contributed by atoms with Crippen molar-refractivity contribution in [2.24, 2.45) is 5.10 Å². The first kappa shape index (κ1) is 10.2. The normalized spacial score (nSPS) is 13.3. The van der Waals surface area contributed by atoms with Crippen LogP contribution in [0.25, 0.3) is 0 Å². The summed E-state index contributed by atoms with van der Waals surface area (Å²) in [6.07, 6.45) is 6.89. The third kappa shape index (κ3) is 7.10. The predicted molar refractivity (Wildman–Crippen MR) is 50.8 cm³/mol. The van der Waals surface area contributed by atoms with Crippen LogP contribution in [0.2, 0.25) is 0 Å². The fourth-order valence-electron chi connectivity index (χ4n) is 0.528. The van der Waals surface area contributed by atoms with Crippen molar-refractivity contribution in [3.8, 4) is 0 Å². The van der Waals surface area contributed by atoms with Crippen LogP contribution >= 0.6 is 0 Å². The summed E-state index contributed by atoms with van der Waals surface area (Å²) in [5.74, 6) is 0. The quantitative estimate of drug-likeness (QED) is 0.270. The van der Waals surface area contributed by atoms with Crippen molar-refractivity contribution in [2.75, 3.05) is 0 Å². The molecule has 0 amide bonds. The molecule has 64 valence electrons. The molecule has 1 unspecified atom stereocenters. The van der Waals surface area contributed by atoms with Crippen molar-refractivity contribution in [1.82, 2.24) is 5.43 Å². The predicted octanol–water partition coefficient (Wildman–Crippen LogP) is 2.33. The minimum absolute atomic E-state index is 0.481. The molecule has 0 heterocycles. The number of hydrogen-bond acceptors (Lipinski definition) is 2. The monoisotopic (exact) mass is 154 g/mol. The Morgan fingerprint density at radius 3 is 2.82 bits per heavy atom. The first-order valence-corrected chi connectivity index (χ1v) is 4.19.